The summed E-state index contributed by atoms with van der Waals surface area (Å²) >= 11 is 0. The van der Waals surface area contributed by atoms with Crippen molar-refractivity contribution in [2.45, 2.75) is 240 Å². The Morgan fingerprint density at radius 1 is 0.741 bits per heavy atom. The zero-order valence-corrected chi connectivity index (χ0v) is 36.7. The lowest BCUT2D eigenvalue weighted by Gasteiger charge is -2.71. The van der Waals surface area contributed by atoms with Crippen LogP contribution in [-0.4, -0.2) is 44.8 Å². The maximum Gasteiger partial charge on any atom is 0.306 e. The molecule has 314 valence electrons. The Morgan fingerprint density at radius 3 is 1.83 bits per heavy atom. The van der Waals surface area contributed by atoms with Gasteiger partial charge >= 0.3 is 5.97 Å². The molecule has 54 heavy (non-hydrogen) atoms. The Balaban J connectivity index is 1.25. The van der Waals surface area contributed by atoms with Gasteiger partial charge in [0.15, 0.2) is 0 Å². The van der Waals surface area contributed by atoms with E-state index in [-0.39, 0.29) is 45.6 Å². The normalized spacial score (nSPS) is 36.0. The van der Waals surface area contributed by atoms with Gasteiger partial charge in [-0.05, 0) is 107 Å². The van der Waals surface area contributed by atoms with E-state index in [2.05, 4.69) is 46.4 Å². The van der Waals surface area contributed by atoms with Crippen molar-refractivity contribution in [3.05, 3.63) is 12.2 Å². The molecule has 4 aliphatic carbocycles. The van der Waals surface area contributed by atoms with Gasteiger partial charge in [0.05, 0.1) is 11.7 Å². The number of carbonyl (C=O) groups excluding carboxylic acids is 1. The van der Waals surface area contributed by atoms with Crippen LogP contribution in [0.4, 0.5) is 0 Å². The van der Waals surface area contributed by atoms with Crippen LogP contribution in [0, 0.1) is 45.3 Å². The molecule has 6 nitrogen and oxygen atoms in total. The van der Waals surface area contributed by atoms with Gasteiger partial charge in [-0.1, -0.05) is 144 Å². The number of aliphatic hydroxyl groups is 2. The Bertz CT molecular complexity index is 1190. The van der Waals surface area contributed by atoms with Crippen LogP contribution < -0.4 is 0 Å². The fraction of sp³-hybridized carbons (Fsp3) is 0.938. The van der Waals surface area contributed by atoms with Gasteiger partial charge in [0.1, 0.15) is 11.7 Å². The highest BCUT2D eigenvalue weighted by Crippen LogP contribution is 2.76. The largest absolute Gasteiger partial charge is 0.462 e. The molecule has 0 aliphatic heterocycles. The summed E-state index contributed by atoms with van der Waals surface area (Å²) in [5.41, 5.74) is -1.94. The number of carbonyl (C=O) groups is 1. The van der Waals surface area contributed by atoms with Crippen LogP contribution in [-0.2, 0) is 14.4 Å². The number of ether oxygens (including phenoxy) is 1. The van der Waals surface area contributed by atoms with Crippen LogP contribution in [0.25, 0.3) is 0 Å². The van der Waals surface area contributed by atoms with Crippen molar-refractivity contribution in [2.24, 2.45) is 45.3 Å². The van der Waals surface area contributed by atoms with Crippen molar-refractivity contribution in [3.8, 4) is 0 Å². The number of unbranched alkanes of at least 4 members (excludes halogenated alkanes) is 14. The number of esters is 1. The maximum absolute atomic E-state index is 13.2. The zero-order chi connectivity index (χ0) is 39.8. The fourth-order valence-electron chi connectivity index (χ4n) is 13.2. The lowest BCUT2D eigenvalue weighted by molar-refractivity contribution is -0.297. The second-order valence-corrected chi connectivity index (χ2v) is 21.1. The predicted octanol–water partition coefficient (Wildman–Crippen LogP) is 12.8. The first-order valence-electron chi connectivity index (χ1n) is 23.0. The molecule has 0 aromatic heterocycles. The molecule has 0 amide bonds. The van der Waals surface area contributed by atoms with Crippen molar-refractivity contribution in [1.82, 2.24) is 0 Å². The van der Waals surface area contributed by atoms with E-state index in [9.17, 15) is 20.3 Å². The average molecular weight is 759 g/mol. The Hall–Kier alpha value is -0.950. The number of hydrogen-bond acceptors (Lipinski definition) is 6. The molecule has 0 spiro atoms. The van der Waals surface area contributed by atoms with Crippen molar-refractivity contribution in [3.63, 3.8) is 0 Å². The molecule has 4 aliphatic rings. The van der Waals surface area contributed by atoms with Crippen LogP contribution >= 0.6 is 0 Å². The summed E-state index contributed by atoms with van der Waals surface area (Å²) in [5.74, 6) is 1.19. The van der Waals surface area contributed by atoms with E-state index in [1.165, 1.54) is 83.5 Å². The molecule has 0 saturated heterocycles. The van der Waals surface area contributed by atoms with E-state index in [0.29, 0.717) is 31.1 Å². The molecule has 0 bridgehead atoms. The van der Waals surface area contributed by atoms with E-state index in [4.69, 9.17) is 4.74 Å². The minimum atomic E-state index is -0.843. The molecule has 4 saturated carbocycles. The predicted molar refractivity (Wildman–Crippen MR) is 222 cm³/mol. The summed E-state index contributed by atoms with van der Waals surface area (Å²) in [4.78, 5) is 17.8. The first-order chi connectivity index (χ1) is 25.4. The molecule has 10 atom stereocenters. The Kier molecular flexibility index (Phi) is 16.3. The highest BCUT2D eigenvalue weighted by atomic mass is 17.1. The van der Waals surface area contributed by atoms with Gasteiger partial charge in [-0.2, -0.15) is 0 Å². The number of fused-ring (bicyclic) bond motifs is 5. The van der Waals surface area contributed by atoms with E-state index in [1.807, 2.05) is 19.1 Å². The monoisotopic (exact) mass is 759 g/mol. The molecule has 4 rings (SSSR count). The first-order valence-corrected chi connectivity index (χ1v) is 23.0. The first kappa shape index (κ1) is 45.7. The summed E-state index contributed by atoms with van der Waals surface area (Å²) in [7, 11) is 0. The lowest BCUT2D eigenvalue weighted by atomic mass is 9.35. The SMILES string of the molecule is CCCCCCCCCCCCCCCCCC(=O)O[C@H]1C[C@@H](O)[C@]2(C)C3CC[C@@H]4[C@@H]([C@@](C)(O)C/C=C/C(C)(C)OO)CC[C@@]4(C)[C@]3(C)CC[C@H]2C1(C)C. The summed E-state index contributed by atoms with van der Waals surface area (Å²) in [6.45, 7) is 19.9. The molecule has 4 fully saturated rings. The van der Waals surface area contributed by atoms with Gasteiger partial charge < -0.3 is 14.9 Å². The van der Waals surface area contributed by atoms with Crippen LogP contribution in [0.15, 0.2) is 12.2 Å². The minimum absolute atomic E-state index is 0.0582. The second-order valence-electron chi connectivity index (χ2n) is 21.1. The van der Waals surface area contributed by atoms with Crippen molar-refractivity contribution in [2.75, 3.05) is 0 Å². The molecule has 0 radical (unpaired) electrons. The third-order valence-electron chi connectivity index (χ3n) is 16.8. The number of hydrogen-bond donors (Lipinski definition) is 3. The highest BCUT2D eigenvalue weighted by Gasteiger charge is 2.71. The fourth-order valence-corrected chi connectivity index (χ4v) is 13.2. The Labute approximate surface area is 332 Å². The molecule has 0 aromatic carbocycles. The summed E-state index contributed by atoms with van der Waals surface area (Å²) in [6, 6.07) is 0. The molecular weight excluding hydrogens is 673 g/mol. The summed E-state index contributed by atoms with van der Waals surface area (Å²) in [5, 5.41) is 33.3. The molecule has 6 heteroatoms. The average Bonchev–Trinajstić information content (AvgIpc) is 3.48. The summed E-state index contributed by atoms with van der Waals surface area (Å²) < 4.78 is 6.30. The quantitative estimate of drug-likeness (QED) is 0.0334. The van der Waals surface area contributed by atoms with Gasteiger partial charge in [0.2, 0.25) is 0 Å². The van der Waals surface area contributed by atoms with Crippen LogP contribution in [0.1, 0.15) is 216 Å². The standard InChI is InChI=1S/C48H86O6/c1-10-11-12-13-14-15-16-17-18-19-20-21-22-23-24-26-42(50)53-41-35-40(49)48(9)38(44(41,4)5)30-34-46(7)39(48)28-27-36-37(29-33-45(36,46)6)47(8,51)32-25-31-43(2,3)54-52/h25,31,36-41,49,51-52H,10-24,26-30,32-35H2,1-9H3/b31-25+/t36-,37+,38+,39?,40-,41+,45-,46-,47+,48+/m1/s1. The molecule has 0 heterocycles. The third-order valence-corrected chi connectivity index (χ3v) is 16.8. The van der Waals surface area contributed by atoms with Crippen molar-refractivity contribution >= 4 is 5.97 Å². The van der Waals surface area contributed by atoms with Crippen molar-refractivity contribution in [1.29, 1.82) is 0 Å². The molecule has 3 N–H and O–H groups in total. The summed E-state index contributed by atoms with van der Waals surface area (Å²) in [6.07, 6.45) is 30.6. The zero-order valence-electron chi connectivity index (χ0n) is 36.7. The van der Waals surface area contributed by atoms with Gasteiger partial charge in [-0.25, -0.2) is 4.89 Å². The van der Waals surface area contributed by atoms with E-state index < -0.39 is 17.3 Å². The van der Waals surface area contributed by atoms with Gasteiger partial charge in [0, 0.05) is 23.7 Å². The second kappa shape index (κ2) is 19.2. The minimum Gasteiger partial charge on any atom is -0.462 e. The highest BCUT2D eigenvalue weighted by molar-refractivity contribution is 5.69. The van der Waals surface area contributed by atoms with Gasteiger partial charge in [-0.15, -0.1) is 0 Å². The van der Waals surface area contributed by atoms with Gasteiger partial charge in [-0.3, -0.25) is 10.1 Å². The topological polar surface area (TPSA) is 96.2 Å². The van der Waals surface area contributed by atoms with Crippen LogP contribution in [0.3, 0.4) is 0 Å². The van der Waals surface area contributed by atoms with E-state index >= 15 is 0 Å². The van der Waals surface area contributed by atoms with Crippen LogP contribution in [0.2, 0.25) is 0 Å². The molecule has 1 unspecified atom stereocenters. The van der Waals surface area contributed by atoms with E-state index in [1.54, 1.807) is 13.8 Å². The molecule has 0 aromatic rings. The third kappa shape index (κ3) is 10.0. The number of aliphatic hydroxyl groups excluding tert-OH is 1. The Morgan fingerprint density at radius 2 is 1.28 bits per heavy atom. The number of rotatable bonds is 22. The van der Waals surface area contributed by atoms with Crippen molar-refractivity contribution < 1.29 is 29.9 Å². The van der Waals surface area contributed by atoms with Crippen LogP contribution in [0.5, 0.6) is 0 Å². The van der Waals surface area contributed by atoms with Gasteiger partial charge in [0.25, 0.3) is 0 Å². The maximum atomic E-state index is 13.2. The molecular formula is C48H86O6. The van der Waals surface area contributed by atoms with E-state index in [0.717, 1.165) is 51.4 Å². The smallest absolute Gasteiger partial charge is 0.306 e. The lowest BCUT2D eigenvalue weighted by Crippen LogP contribution is -2.68.